The Morgan fingerprint density at radius 1 is 1.10 bits per heavy atom. The number of thioether (sulfide) groups is 1. The van der Waals surface area contributed by atoms with Crippen molar-refractivity contribution in [2.45, 2.75) is 24.0 Å². The van der Waals surface area contributed by atoms with Crippen molar-refractivity contribution in [1.29, 1.82) is 0 Å². The molecule has 2 rings (SSSR count). The minimum Gasteiger partial charge on any atom is -0.322 e. The molecule has 4 heteroatoms. The van der Waals surface area contributed by atoms with Crippen molar-refractivity contribution >= 4 is 39.3 Å². The third-order valence-electron chi connectivity index (χ3n) is 2.60. The van der Waals surface area contributed by atoms with E-state index >= 15 is 0 Å². The first-order valence-electron chi connectivity index (χ1n) is 6.39. The smallest absolute Gasteiger partial charge is 0.256 e. The van der Waals surface area contributed by atoms with E-state index < -0.39 is 0 Å². The highest BCUT2D eigenvalue weighted by molar-refractivity contribution is 9.10. The summed E-state index contributed by atoms with van der Waals surface area (Å²) in [6.45, 7) is 4.24. The van der Waals surface area contributed by atoms with Crippen LogP contribution >= 0.6 is 27.7 Å². The first-order chi connectivity index (χ1) is 9.56. The van der Waals surface area contributed by atoms with Crippen LogP contribution < -0.4 is 5.32 Å². The lowest BCUT2D eigenvalue weighted by Crippen LogP contribution is -2.13. The van der Waals surface area contributed by atoms with Crippen molar-refractivity contribution in [3.05, 3.63) is 58.6 Å². The molecule has 2 aromatic carbocycles. The normalized spacial score (nSPS) is 10.6. The Bertz CT molecular complexity index is 596. The van der Waals surface area contributed by atoms with E-state index in [1.165, 1.54) is 0 Å². The molecule has 0 aliphatic carbocycles. The van der Waals surface area contributed by atoms with Crippen LogP contribution in [0.5, 0.6) is 0 Å². The molecule has 0 aromatic heterocycles. The second-order valence-corrected chi connectivity index (χ2v) is 7.16. The Kier molecular flexibility index (Phi) is 5.26. The predicted octanol–water partition coefficient (Wildman–Crippen LogP) is 5.20. The van der Waals surface area contributed by atoms with E-state index in [1.807, 2.05) is 48.5 Å². The van der Waals surface area contributed by atoms with Gasteiger partial charge in [-0.05, 0) is 36.4 Å². The number of rotatable bonds is 4. The monoisotopic (exact) mass is 349 g/mol. The molecule has 2 nitrogen and oxygen atoms in total. The predicted molar refractivity (Wildman–Crippen MR) is 89.5 cm³/mol. The molecule has 0 aliphatic rings. The van der Waals surface area contributed by atoms with Crippen molar-refractivity contribution in [3.8, 4) is 0 Å². The Morgan fingerprint density at radius 2 is 1.75 bits per heavy atom. The van der Waals surface area contributed by atoms with Crippen LogP contribution in [0, 0.1) is 0 Å². The Balaban J connectivity index is 2.18. The van der Waals surface area contributed by atoms with Crippen molar-refractivity contribution < 1.29 is 4.79 Å². The standard InChI is InChI=1S/C16H16BrNOS/c1-11(2)20-15-6-4-3-5-14(15)16(19)18-13-9-7-12(17)8-10-13/h3-11H,1-2H3,(H,18,19). The zero-order valence-corrected chi connectivity index (χ0v) is 13.8. The van der Waals surface area contributed by atoms with Crippen LogP contribution in [0.15, 0.2) is 57.9 Å². The average molecular weight is 350 g/mol. The molecule has 0 spiro atoms. The van der Waals surface area contributed by atoms with Crippen LogP contribution in [0.4, 0.5) is 5.69 Å². The van der Waals surface area contributed by atoms with Crippen LogP contribution in [0.1, 0.15) is 24.2 Å². The van der Waals surface area contributed by atoms with Gasteiger partial charge in [-0.15, -0.1) is 11.8 Å². The van der Waals surface area contributed by atoms with E-state index in [-0.39, 0.29) is 5.91 Å². The minimum atomic E-state index is -0.0731. The van der Waals surface area contributed by atoms with E-state index in [1.54, 1.807) is 11.8 Å². The number of hydrogen-bond acceptors (Lipinski definition) is 2. The zero-order valence-electron chi connectivity index (χ0n) is 11.4. The maximum absolute atomic E-state index is 12.4. The second kappa shape index (κ2) is 6.95. The lowest BCUT2D eigenvalue weighted by Gasteiger charge is -2.11. The van der Waals surface area contributed by atoms with Crippen LogP contribution in [-0.4, -0.2) is 11.2 Å². The molecular weight excluding hydrogens is 334 g/mol. The van der Waals surface area contributed by atoms with Gasteiger partial charge >= 0.3 is 0 Å². The van der Waals surface area contributed by atoms with Gasteiger partial charge in [-0.2, -0.15) is 0 Å². The molecule has 1 N–H and O–H groups in total. The molecule has 0 radical (unpaired) electrons. The molecular formula is C16H16BrNOS. The number of nitrogens with one attached hydrogen (secondary N) is 1. The Labute approximate surface area is 132 Å². The third kappa shape index (κ3) is 4.12. The van der Waals surface area contributed by atoms with Gasteiger partial charge in [0.2, 0.25) is 0 Å². The molecule has 0 heterocycles. The molecule has 104 valence electrons. The van der Waals surface area contributed by atoms with Crippen LogP contribution in [-0.2, 0) is 0 Å². The number of benzene rings is 2. The van der Waals surface area contributed by atoms with Gasteiger partial charge in [-0.3, -0.25) is 4.79 Å². The molecule has 0 fully saturated rings. The van der Waals surface area contributed by atoms with Gasteiger partial charge in [-0.1, -0.05) is 41.9 Å². The highest BCUT2D eigenvalue weighted by Crippen LogP contribution is 2.27. The SMILES string of the molecule is CC(C)Sc1ccccc1C(=O)Nc1ccc(Br)cc1. The van der Waals surface area contributed by atoms with E-state index in [0.29, 0.717) is 10.8 Å². The molecule has 1 amide bonds. The fraction of sp³-hybridized carbons (Fsp3) is 0.188. The summed E-state index contributed by atoms with van der Waals surface area (Å²) in [5.41, 5.74) is 1.51. The fourth-order valence-corrected chi connectivity index (χ4v) is 2.96. The highest BCUT2D eigenvalue weighted by atomic mass is 79.9. The van der Waals surface area contributed by atoms with Gasteiger partial charge in [0, 0.05) is 20.3 Å². The van der Waals surface area contributed by atoms with Crippen molar-refractivity contribution in [2.24, 2.45) is 0 Å². The lowest BCUT2D eigenvalue weighted by atomic mass is 10.2. The Hall–Kier alpha value is -1.26. The van der Waals surface area contributed by atoms with E-state index in [0.717, 1.165) is 15.1 Å². The largest absolute Gasteiger partial charge is 0.322 e. The summed E-state index contributed by atoms with van der Waals surface area (Å²) in [6.07, 6.45) is 0. The molecule has 0 saturated heterocycles. The lowest BCUT2D eigenvalue weighted by molar-refractivity contribution is 0.102. The molecule has 2 aromatic rings. The maximum Gasteiger partial charge on any atom is 0.256 e. The summed E-state index contributed by atoms with van der Waals surface area (Å²) in [7, 11) is 0. The topological polar surface area (TPSA) is 29.1 Å². The van der Waals surface area contributed by atoms with Crippen LogP contribution in [0.2, 0.25) is 0 Å². The van der Waals surface area contributed by atoms with Gasteiger partial charge in [-0.25, -0.2) is 0 Å². The van der Waals surface area contributed by atoms with Gasteiger partial charge < -0.3 is 5.32 Å². The van der Waals surface area contributed by atoms with Gasteiger partial charge in [0.15, 0.2) is 0 Å². The van der Waals surface area contributed by atoms with Crippen molar-refractivity contribution in [3.63, 3.8) is 0 Å². The summed E-state index contributed by atoms with van der Waals surface area (Å²) in [4.78, 5) is 13.4. The fourth-order valence-electron chi connectivity index (χ4n) is 1.74. The third-order valence-corrected chi connectivity index (χ3v) is 4.21. The van der Waals surface area contributed by atoms with E-state index in [2.05, 4.69) is 35.1 Å². The van der Waals surface area contributed by atoms with Gasteiger partial charge in [0.05, 0.1) is 5.56 Å². The number of carbonyl (C=O) groups is 1. The number of hydrogen-bond donors (Lipinski definition) is 1. The molecule has 0 bridgehead atoms. The van der Waals surface area contributed by atoms with E-state index in [9.17, 15) is 4.79 Å². The number of halogens is 1. The maximum atomic E-state index is 12.4. The van der Waals surface area contributed by atoms with Gasteiger partial charge in [0.1, 0.15) is 0 Å². The summed E-state index contributed by atoms with van der Waals surface area (Å²) in [5, 5.41) is 3.37. The first kappa shape index (κ1) is 15.1. The van der Waals surface area contributed by atoms with Crippen LogP contribution in [0.3, 0.4) is 0 Å². The Morgan fingerprint density at radius 3 is 2.40 bits per heavy atom. The number of amides is 1. The summed E-state index contributed by atoms with van der Waals surface area (Å²) in [5.74, 6) is -0.0731. The van der Waals surface area contributed by atoms with Crippen molar-refractivity contribution in [1.82, 2.24) is 0 Å². The van der Waals surface area contributed by atoms with Crippen LogP contribution in [0.25, 0.3) is 0 Å². The molecule has 0 unspecified atom stereocenters. The number of anilines is 1. The summed E-state index contributed by atoms with van der Waals surface area (Å²) < 4.78 is 0.992. The average Bonchev–Trinajstić information content (AvgIpc) is 2.41. The molecule has 0 saturated carbocycles. The van der Waals surface area contributed by atoms with E-state index in [4.69, 9.17) is 0 Å². The van der Waals surface area contributed by atoms with Gasteiger partial charge in [0.25, 0.3) is 5.91 Å². The zero-order chi connectivity index (χ0) is 14.5. The molecule has 0 aliphatic heterocycles. The number of carbonyl (C=O) groups excluding carboxylic acids is 1. The molecule has 20 heavy (non-hydrogen) atoms. The minimum absolute atomic E-state index is 0.0731. The summed E-state index contributed by atoms with van der Waals surface area (Å²) >= 11 is 5.08. The molecule has 0 atom stereocenters. The van der Waals surface area contributed by atoms with Crippen molar-refractivity contribution in [2.75, 3.05) is 5.32 Å². The highest BCUT2D eigenvalue weighted by Gasteiger charge is 2.12. The summed E-state index contributed by atoms with van der Waals surface area (Å²) in [6, 6.07) is 15.3. The second-order valence-electron chi connectivity index (χ2n) is 4.62. The first-order valence-corrected chi connectivity index (χ1v) is 8.06. The quantitative estimate of drug-likeness (QED) is 0.768.